The van der Waals surface area contributed by atoms with Crippen LogP contribution in [0.3, 0.4) is 0 Å². The summed E-state index contributed by atoms with van der Waals surface area (Å²) in [6.07, 6.45) is 7.26. The molecular formula is C17H38NO3+. The number of aliphatic hydroxyl groups excluding tert-OH is 1. The molecule has 0 spiro atoms. The summed E-state index contributed by atoms with van der Waals surface area (Å²) < 4.78 is 12.2. The minimum Gasteiger partial charge on any atom is -0.391 e. The van der Waals surface area contributed by atoms with Crippen molar-refractivity contribution in [3.63, 3.8) is 0 Å². The molecule has 4 nitrogen and oxygen atoms in total. The highest BCUT2D eigenvalue weighted by Gasteiger charge is 2.20. The van der Waals surface area contributed by atoms with Crippen molar-refractivity contribution in [3.05, 3.63) is 0 Å². The number of likely N-dealkylation sites (N-methyl/N-ethyl adjacent to an activating group) is 1. The van der Waals surface area contributed by atoms with Gasteiger partial charge in [0, 0.05) is 13.2 Å². The van der Waals surface area contributed by atoms with Gasteiger partial charge in [-0.25, -0.2) is 0 Å². The molecule has 0 bridgehead atoms. The predicted octanol–water partition coefficient (Wildman–Crippen LogP) is 2.84. The van der Waals surface area contributed by atoms with E-state index in [1.807, 2.05) is 0 Å². The first-order valence-corrected chi connectivity index (χ1v) is 8.78. The van der Waals surface area contributed by atoms with Crippen molar-refractivity contribution in [3.8, 4) is 0 Å². The van der Waals surface area contributed by atoms with Gasteiger partial charge in [0.1, 0.15) is 19.6 Å². The molecule has 1 N–H and O–H groups in total. The van der Waals surface area contributed by atoms with Crippen LogP contribution >= 0.6 is 0 Å². The molecule has 0 atom stereocenters. The van der Waals surface area contributed by atoms with Gasteiger partial charge in [-0.2, -0.15) is 0 Å². The lowest BCUT2D eigenvalue weighted by atomic mass is 10.3. The fraction of sp³-hybridized carbons (Fsp3) is 1.00. The highest BCUT2D eigenvalue weighted by molar-refractivity contribution is 4.43. The SMILES string of the molecule is CCCCCOCC[N+](C)(CCO)CCOCCCCC. The highest BCUT2D eigenvalue weighted by Crippen LogP contribution is 2.03. The Balaban J connectivity index is 3.73. The van der Waals surface area contributed by atoms with Crippen LogP contribution in [0.5, 0.6) is 0 Å². The number of hydrogen-bond acceptors (Lipinski definition) is 3. The summed E-state index contributed by atoms with van der Waals surface area (Å²) in [5.74, 6) is 0. The molecular weight excluding hydrogens is 266 g/mol. The Morgan fingerprint density at radius 2 is 1.19 bits per heavy atom. The molecule has 21 heavy (non-hydrogen) atoms. The van der Waals surface area contributed by atoms with Gasteiger partial charge in [-0.3, -0.25) is 0 Å². The number of rotatable bonds is 16. The Morgan fingerprint density at radius 1 is 0.714 bits per heavy atom. The second-order valence-electron chi connectivity index (χ2n) is 6.15. The number of hydrogen-bond donors (Lipinski definition) is 1. The second kappa shape index (κ2) is 14.8. The van der Waals surface area contributed by atoms with E-state index in [9.17, 15) is 5.11 Å². The summed E-state index contributed by atoms with van der Waals surface area (Å²) in [5.41, 5.74) is 0. The van der Waals surface area contributed by atoms with E-state index in [0.717, 1.165) is 63.4 Å². The van der Waals surface area contributed by atoms with Crippen LogP contribution in [0.25, 0.3) is 0 Å². The lowest BCUT2D eigenvalue weighted by molar-refractivity contribution is -0.910. The summed E-state index contributed by atoms with van der Waals surface area (Å²) in [4.78, 5) is 0. The lowest BCUT2D eigenvalue weighted by Crippen LogP contribution is -2.50. The van der Waals surface area contributed by atoms with Gasteiger partial charge in [-0.05, 0) is 12.8 Å². The van der Waals surface area contributed by atoms with Gasteiger partial charge >= 0.3 is 0 Å². The third-order valence-corrected chi connectivity index (χ3v) is 3.98. The van der Waals surface area contributed by atoms with Crippen molar-refractivity contribution in [2.45, 2.75) is 52.4 Å². The Morgan fingerprint density at radius 3 is 1.57 bits per heavy atom. The first-order chi connectivity index (χ1) is 10.2. The van der Waals surface area contributed by atoms with Crippen molar-refractivity contribution in [1.29, 1.82) is 0 Å². The van der Waals surface area contributed by atoms with E-state index in [2.05, 4.69) is 20.9 Å². The van der Waals surface area contributed by atoms with Crippen LogP contribution in [-0.2, 0) is 9.47 Å². The zero-order valence-corrected chi connectivity index (χ0v) is 14.6. The third kappa shape index (κ3) is 13.2. The molecule has 0 aliphatic rings. The van der Waals surface area contributed by atoms with Gasteiger partial charge in [-0.1, -0.05) is 39.5 Å². The molecule has 0 fully saturated rings. The molecule has 4 heteroatoms. The van der Waals surface area contributed by atoms with Crippen LogP contribution in [0.2, 0.25) is 0 Å². The first-order valence-electron chi connectivity index (χ1n) is 8.78. The van der Waals surface area contributed by atoms with Crippen molar-refractivity contribution >= 4 is 0 Å². The molecule has 0 aromatic rings. The summed E-state index contributed by atoms with van der Waals surface area (Å²) in [7, 11) is 2.18. The largest absolute Gasteiger partial charge is 0.391 e. The molecule has 0 heterocycles. The molecule has 128 valence electrons. The average Bonchev–Trinajstić information content (AvgIpc) is 2.47. The van der Waals surface area contributed by atoms with Gasteiger partial charge in [0.15, 0.2) is 0 Å². The van der Waals surface area contributed by atoms with Crippen molar-refractivity contribution in [2.24, 2.45) is 0 Å². The Labute approximate surface area is 132 Å². The quantitative estimate of drug-likeness (QED) is 0.352. The number of ether oxygens (including phenoxy) is 2. The fourth-order valence-corrected chi connectivity index (χ4v) is 2.26. The zero-order chi connectivity index (χ0) is 15.8. The average molecular weight is 304 g/mol. The molecule has 0 radical (unpaired) electrons. The maximum Gasteiger partial charge on any atom is 0.102 e. The highest BCUT2D eigenvalue weighted by atomic mass is 16.5. The molecule has 0 aromatic heterocycles. The maximum absolute atomic E-state index is 9.25. The van der Waals surface area contributed by atoms with Crippen LogP contribution in [0.1, 0.15) is 52.4 Å². The normalized spacial score (nSPS) is 12.0. The number of aliphatic hydroxyl groups is 1. The smallest absolute Gasteiger partial charge is 0.102 e. The molecule has 0 unspecified atom stereocenters. The van der Waals surface area contributed by atoms with Crippen LogP contribution in [0.4, 0.5) is 0 Å². The van der Waals surface area contributed by atoms with E-state index in [0.29, 0.717) is 0 Å². The first kappa shape index (κ1) is 20.8. The van der Waals surface area contributed by atoms with Gasteiger partial charge in [0.25, 0.3) is 0 Å². The van der Waals surface area contributed by atoms with Crippen LogP contribution in [0.15, 0.2) is 0 Å². The molecule has 0 saturated carbocycles. The monoisotopic (exact) mass is 304 g/mol. The van der Waals surface area contributed by atoms with E-state index in [-0.39, 0.29) is 6.61 Å². The lowest BCUT2D eigenvalue weighted by Gasteiger charge is -2.33. The van der Waals surface area contributed by atoms with Crippen LogP contribution in [-0.4, -0.2) is 69.3 Å². The minimum absolute atomic E-state index is 0.224. The van der Waals surface area contributed by atoms with Gasteiger partial charge in [0.2, 0.25) is 0 Å². The minimum atomic E-state index is 0.224. The summed E-state index contributed by atoms with van der Waals surface area (Å²) >= 11 is 0. The third-order valence-electron chi connectivity index (χ3n) is 3.98. The molecule has 0 aromatic carbocycles. The number of unbranched alkanes of at least 4 members (excludes halogenated alkanes) is 4. The molecule has 0 aliphatic heterocycles. The molecule has 0 amide bonds. The van der Waals surface area contributed by atoms with E-state index in [4.69, 9.17) is 9.47 Å². The van der Waals surface area contributed by atoms with Crippen LogP contribution < -0.4 is 0 Å². The van der Waals surface area contributed by atoms with Crippen molar-refractivity contribution in [1.82, 2.24) is 0 Å². The summed E-state index contributed by atoms with van der Waals surface area (Å²) in [5, 5.41) is 9.25. The van der Waals surface area contributed by atoms with E-state index in [1.165, 1.54) is 25.7 Å². The Hall–Kier alpha value is -0.160. The predicted molar refractivity (Wildman–Crippen MR) is 88.6 cm³/mol. The molecule has 0 saturated heterocycles. The van der Waals surface area contributed by atoms with Gasteiger partial charge in [0.05, 0.1) is 26.9 Å². The molecule has 0 rings (SSSR count). The van der Waals surface area contributed by atoms with Gasteiger partial charge in [-0.15, -0.1) is 0 Å². The summed E-state index contributed by atoms with van der Waals surface area (Å²) in [6.45, 7) is 10.6. The Kier molecular flexibility index (Phi) is 14.7. The van der Waals surface area contributed by atoms with E-state index in [1.54, 1.807) is 0 Å². The van der Waals surface area contributed by atoms with Crippen molar-refractivity contribution < 1.29 is 19.1 Å². The maximum atomic E-state index is 9.25. The van der Waals surface area contributed by atoms with Crippen LogP contribution in [0, 0.1) is 0 Å². The second-order valence-corrected chi connectivity index (χ2v) is 6.15. The number of quaternary nitrogens is 1. The van der Waals surface area contributed by atoms with E-state index >= 15 is 0 Å². The van der Waals surface area contributed by atoms with E-state index < -0.39 is 0 Å². The zero-order valence-electron chi connectivity index (χ0n) is 14.6. The number of nitrogens with zero attached hydrogens (tertiary/aromatic N) is 1. The van der Waals surface area contributed by atoms with Crippen molar-refractivity contribution in [2.75, 3.05) is 59.7 Å². The summed E-state index contributed by atoms with van der Waals surface area (Å²) in [6, 6.07) is 0. The standard InChI is InChI=1S/C17H38NO3/c1-4-6-8-14-20-16-11-18(3,10-13-19)12-17-21-15-9-7-5-2/h19H,4-17H2,1-3H3/q+1. The topological polar surface area (TPSA) is 38.7 Å². The molecule has 0 aliphatic carbocycles. The Bertz CT molecular complexity index is 196. The van der Waals surface area contributed by atoms with Gasteiger partial charge < -0.3 is 19.1 Å². The fourth-order valence-electron chi connectivity index (χ4n) is 2.26.